The number of methoxy groups -OCH3 is 3. The van der Waals surface area contributed by atoms with Gasteiger partial charge in [0, 0.05) is 6.08 Å². The van der Waals surface area contributed by atoms with Crippen molar-refractivity contribution in [1.29, 1.82) is 0 Å². The summed E-state index contributed by atoms with van der Waals surface area (Å²) in [7, 11) is 4.31. The Bertz CT molecular complexity index is 998. The van der Waals surface area contributed by atoms with E-state index in [-0.39, 0.29) is 5.02 Å². The summed E-state index contributed by atoms with van der Waals surface area (Å²) in [5, 5.41) is 1.71. The van der Waals surface area contributed by atoms with Gasteiger partial charge >= 0.3 is 12.1 Å². The van der Waals surface area contributed by atoms with Gasteiger partial charge < -0.3 is 24.3 Å². The highest BCUT2D eigenvalue weighted by molar-refractivity contribution is 6.34. The highest BCUT2D eigenvalue weighted by Crippen LogP contribution is 2.39. The largest absolute Gasteiger partial charge is 0.493 e. The summed E-state index contributed by atoms with van der Waals surface area (Å²) < 4.78 is 59.6. The maximum absolute atomic E-state index is 13.1. The molecule has 0 saturated carbocycles. The maximum atomic E-state index is 13.1. The Morgan fingerprint density at radius 1 is 1.06 bits per heavy atom. The van der Waals surface area contributed by atoms with Crippen molar-refractivity contribution < 1.29 is 41.7 Å². The number of alkyl halides is 3. The molecule has 1 amide bonds. The number of rotatable bonds is 8. The molecule has 0 saturated heterocycles. The van der Waals surface area contributed by atoms with Crippen LogP contribution in [0.25, 0.3) is 6.08 Å². The molecule has 0 bridgehead atoms. The zero-order chi connectivity index (χ0) is 23.9. The fourth-order valence-electron chi connectivity index (χ4n) is 2.61. The topological polar surface area (TPSA) is 83.1 Å². The van der Waals surface area contributed by atoms with Gasteiger partial charge in [-0.1, -0.05) is 17.7 Å². The van der Waals surface area contributed by atoms with Crippen molar-refractivity contribution in [1.82, 2.24) is 0 Å². The number of nitrogens with one attached hydrogen (secondary N) is 1. The van der Waals surface area contributed by atoms with Gasteiger partial charge in [0.05, 0.1) is 37.6 Å². The molecule has 1 N–H and O–H groups in total. The van der Waals surface area contributed by atoms with Crippen LogP contribution in [0.1, 0.15) is 11.1 Å². The number of carbonyl (C=O) groups excluding carboxylic acids is 2. The zero-order valence-electron chi connectivity index (χ0n) is 17.2. The van der Waals surface area contributed by atoms with Crippen molar-refractivity contribution in [3.05, 3.63) is 52.6 Å². The van der Waals surface area contributed by atoms with Gasteiger partial charge in [-0.15, -0.1) is 0 Å². The molecule has 0 fully saturated rings. The third-order valence-electron chi connectivity index (χ3n) is 4.03. The van der Waals surface area contributed by atoms with Crippen molar-refractivity contribution >= 4 is 35.2 Å². The van der Waals surface area contributed by atoms with E-state index in [1.54, 1.807) is 12.1 Å². The second-order valence-electron chi connectivity index (χ2n) is 6.11. The van der Waals surface area contributed by atoms with Crippen LogP contribution in [-0.4, -0.2) is 39.8 Å². The number of benzene rings is 2. The van der Waals surface area contributed by atoms with Gasteiger partial charge in [0.25, 0.3) is 5.91 Å². The summed E-state index contributed by atoms with van der Waals surface area (Å²) in [5.74, 6) is -0.801. The van der Waals surface area contributed by atoms with Crippen LogP contribution in [0.5, 0.6) is 17.2 Å². The van der Waals surface area contributed by atoms with Crippen LogP contribution in [0.15, 0.2) is 36.4 Å². The number of esters is 1. The molecular formula is C21H19ClF3NO6. The molecule has 11 heteroatoms. The number of amides is 1. The number of carbonyl (C=O) groups is 2. The molecular weight excluding hydrogens is 455 g/mol. The normalized spacial score (nSPS) is 11.2. The van der Waals surface area contributed by atoms with Gasteiger partial charge in [-0.2, -0.15) is 13.2 Å². The van der Waals surface area contributed by atoms with Gasteiger partial charge in [-0.25, -0.2) is 4.79 Å². The van der Waals surface area contributed by atoms with Gasteiger partial charge in [0.2, 0.25) is 5.75 Å². The molecule has 172 valence electrons. The minimum Gasteiger partial charge on any atom is -0.493 e. The molecule has 0 spiro atoms. The fraction of sp³-hybridized carbons (Fsp3) is 0.238. The van der Waals surface area contributed by atoms with E-state index in [0.717, 1.165) is 18.2 Å². The number of hydrogen-bond donors (Lipinski definition) is 1. The minimum absolute atomic E-state index is 0.304. The maximum Gasteiger partial charge on any atom is 0.418 e. The Hall–Kier alpha value is -3.40. The molecule has 0 radical (unpaired) electrons. The molecule has 0 aliphatic carbocycles. The Morgan fingerprint density at radius 3 is 2.22 bits per heavy atom. The van der Waals surface area contributed by atoms with Crippen molar-refractivity contribution in [3.8, 4) is 17.2 Å². The average Bonchev–Trinajstić information content (AvgIpc) is 2.75. The molecule has 2 aromatic rings. The molecule has 32 heavy (non-hydrogen) atoms. The fourth-order valence-corrected chi connectivity index (χ4v) is 2.83. The molecule has 7 nitrogen and oxygen atoms in total. The molecule has 0 aliphatic rings. The summed E-state index contributed by atoms with van der Waals surface area (Å²) in [4.78, 5) is 23.9. The average molecular weight is 474 g/mol. The van der Waals surface area contributed by atoms with Crippen LogP contribution >= 0.6 is 11.6 Å². The summed E-state index contributed by atoms with van der Waals surface area (Å²) in [6.07, 6.45) is -2.32. The molecule has 2 rings (SSSR count). The molecule has 0 unspecified atom stereocenters. The van der Waals surface area contributed by atoms with E-state index in [2.05, 4.69) is 0 Å². The number of para-hydroxylation sites is 1. The second-order valence-corrected chi connectivity index (χ2v) is 6.52. The van der Waals surface area contributed by atoms with Crippen LogP contribution in [0, 0.1) is 0 Å². The number of hydrogen-bond acceptors (Lipinski definition) is 6. The van der Waals surface area contributed by atoms with Gasteiger partial charge in [0.15, 0.2) is 18.1 Å². The monoisotopic (exact) mass is 473 g/mol. The summed E-state index contributed by atoms with van der Waals surface area (Å²) >= 11 is 5.77. The predicted molar refractivity (Wildman–Crippen MR) is 111 cm³/mol. The molecule has 0 heterocycles. The van der Waals surface area contributed by atoms with Gasteiger partial charge in [-0.05, 0) is 35.9 Å². The van der Waals surface area contributed by atoms with Crippen LogP contribution in [-0.2, 0) is 20.5 Å². The van der Waals surface area contributed by atoms with E-state index in [1.165, 1.54) is 33.5 Å². The SMILES string of the molecule is COc1cc(/C=C/C(=O)OCC(=O)Nc2c(Cl)cccc2C(F)(F)F)cc(OC)c1OC. The summed E-state index contributed by atoms with van der Waals surface area (Å²) in [6.45, 7) is -0.819. The lowest BCUT2D eigenvalue weighted by atomic mass is 10.1. The van der Waals surface area contributed by atoms with Gasteiger partial charge in [0.1, 0.15) is 0 Å². The first-order valence-corrected chi connectivity index (χ1v) is 9.29. The predicted octanol–water partition coefficient (Wildman–Crippen LogP) is 4.58. The van der Waals surface area contributed by atoms with Crippen molar-refractivity contribution in [2.75, 3.05) is 33.3 Å². The Balaban J connectivity index is 2.04. The smallest absolute Gasteiger partial charge is 0.418 e. The quantitative estimate of drug-likeness (QED) is 0.446. The van der Waals surface area contributed by atoms with Gasteiger partial charge in [-0.3, -0.25) is 4.79 Å². The first-order chi connectivity index (χ1) is 15.1. The summed E-state index contributed by atoms with van der Waals surface area (Å²) in [5.41, 5.74) is -1.23. The third kappa shape index (κ3) is 6.30. The van der Waals surface area contributed by atoms with E-state index < -0.39 is 35.9 Å². The second kappa shape index (κ2) is 10.8. The third-order valence-corrected chi connectivity index (χ3v) is 4.34. The number of ether oxygens (including phenoxy) is 4. The molecule has 0 atom stereocenters. The van der Waals surface area contributed by atoms with E-state index in [1.807, 2.05) is 5.32 Å². The summed E-state index contributed by atoms with van der Waals surface area (Å²) in [6, 6.07) is 6.23. The standard InChI is InChI=1S/C21H19ClF3NO6/c1-29-15-9-12(10-16(30-2)20(15)31-3)7-8-18(28)32-11-17(27)26-19-13(21(23,24)25)5-4-6-14(19)22/h4-10H,11H2,1-3H3,(H,26,27)/b8-7+. The van der Waals surface area contributed by atoms with Crippen LogP contribution in [0.3, 0.4) is 0 Å². The van der Waals surface area contributed by atoms with E-state index in [0.29, 0.717) is 22.8 Å². The van der Waals surface area contributed by atoms with E-state index in [4.69, 9.17) is 30.5 Å². The Morgan fingerprint density at radius 2 is 1.69 bits per heavy atom. The minimum atomic E-state index is -4.73. The van der Waals surface area contributed by atoms with Crippen molar-refractivity contribution in [2.24, 2.45) is 0 Å². The van der Waals surface area contributed by atoms with Crippen molar-refractivity contribution in [2.45, 2.75) is 6.18 Å². The zero-order valence-corrected chi connectivity index (χ0v) is 18.0. The van der Waals surface area contributed by atoms with Crippen LogP contribution < -0.4 is 19.5 Å². The lowest BCUT2D eigenvalue weighted by Crippen LogP contribution is -2.22. The molecule has 0 aliphatic heterocycles. The highest BCUT2D eigenvalue weighted by Gasteiger charge is 2.34. The lowest BCUT2D eigenvalue weighted by Gasteiger charge is -2.15. The lowest BCUT2D eigenvalue weighted by molar-refractivity contribution is -0.142. The Kier molecular flexibility index (Phi) is 8.36. The van der Waals surface area contributed by atoms with Crippen molar-refractivity contribution in [3.63, 3.8) is 0 Å². The first-order valence-electron chi connectivity index (χ1n) is 8.91. The van der Waals surface area contributed by atoms with E-state index >= 15 is 0 Å². The number of halogens is 4. The Labute approximate surface area is 186 Å². The molecule has 2 aromatic carbocycles. The van der Waals surface area contributed by atoms with E-state index in [9.17, 15) is 22.8 Å². The highest BCUT2D eigenvalue weighted by atomic mass is 35.5. The number of anilines is 1. The molecule has 0 aromatic heterocycles. The first kappa shape index (κ1) is 24.9. The van der Waals surface area contributed by atoms with Crippen LogP contribution in [0.2, 0.25) is 5.02 Å². The van der Waals surface area contributed by atoms with Crippen LogP contribution in [0.4, 0.5) is 18.9 Å².